The molecule has 0 aliphatic carbocycles. The first-order chi connectivity index (χ1) is 6.82. The Labute approximate surface area is 87.7 Å². The van der Waals surface area contributed by atoms with E-state index in [1.54, 1.807) is 0 Å². The Bertz CT molecular complexity index is 231. The highest BCUT2D eigenvalue weighted by atomic mass is 16.8. The van der Waals surface area contributed by atoms with E-state index in [0.29, 0.717) is 0 Å². The van der Waals surface area contributed by atoms with Crippen molar-refractivity contribution in [2.24, 2.45) is 5.73 Å². The zero-order chi connectivity index (χ0) is 12.0. The lowest BCUT2D eigenvalue weighted by molar-refractivity contribution is -0.256. The van der Waals surface area contributed by atoms with Gasteiger partial charge in [-0.2, -0.15) is 5.06 Å². The van der Waals surface area contributed by atoms with Crippen molar-refractivity contribution in [2.45, 2.75) is 26.2 Å². The maximum absolute atomic E-state index is 11.0. The van der Waals surface area contributed by atoms with E-state index < -0.39 is 24.3 Å². The smallest absolute Gasteiger partial charge is 0.324 e. The number of nitrogens with two attached hydrogens (primary N) is 1. The number of rotatable bonds is 6. The molecule has 0 aromatic carbocycles. The van der Waals surface area contributed by atoms with Crippen LogP contribution in [0.3, 0.4) is 0 Å². The zero-order valence-electron chi connectivity index (χ0n) is 8.97. The van der Waals surface area contributed by atoms with E-state index in [1.165, 1.54) is 20.9 Å². The van der Waals surface area contributed by atoms with E-state index in [4.69, 9.17) is 20.4 Å². The molecule has 15 heavy (non-hydrogen) atoms. The molecule has 3 N–H and O–H groups in total. The van der Waals surface area contributed by atoms with E-state index in [0.717, 1.165) is 5.06 Å². The summed E-state index contributed by atoms with van der Waals surface area (Å²) in [7, 11) is 1.42. The molecule has 0 aliphatic rings. The van der Waals surface area contributed by atoms with Crippen molar-refractivity contribution in [3.63, 3.8) is 0 Å². The summed E-state index contributed by atoms with van der Waals surface area (Å²) in [6, 6.07) is -0.735. The average Bonchev–Trinajstić information content (AvgIpc) is 2.00. The van der Waals surface area contributed by atoms with Gasteiger partial charge in [0.05, 0.1) is 0 Å². The van der Waals surface area contributed by atoms with E-state index in [-0.39, 0.29) is 6.54 Å². The molecule has 0 bridgehead atoms. The Morgan fingerprint density at radius 3 is 2.40 bits per heavy atom. The van der Waals surface area contributed by atoms with Crippen molar-refractivity contribution in [1.29, 1.82) is 0 Å². The number of likely N-dealkylation sites (N-methyl/N-ethyl adjacent to an activating group) is 1. The minimum atomic E-state index is -1.04. The van der Waals surface area contributed by atoms with Crippen LogP contribution in [0.2, 0.25) is 0 Å². The van der Waals surface area contributed by atoms with Gasteiger partial charge in [0.1, 0.15) is 12.6 Å². The molecule has 0 spiro atoms. The lowest BCUT2D eigenvalue weighted by atomic mass is 10.4. The van der Waals surface area contributed by atoms with Gasteiger partial charge in [0, 0.05) is 7.05 Å². The third-order valence-electron chi connectivity index (χ3n) is 1.34. The van der Waals surface area contributed by atoms with Crippen LogP contribution < -0.4 is 5.73 Å². The lowest BCUT2D eigenvalue weighted by Crippen LogP contribution is -2.36. The predicted octanol–water partition coefficient (Wildman–Crippen LogP) is -0.829. The van der Waals surface area contributed by atoms with Crippen LogP contribution in [0.15, 0.2) is 0 Å². The van der Waals surface area contributed by atoms with Crippen molar-refractivity contribution < 1.29 is 24.3 Å². The van der Waals surface area contributed by atoms with Gasteiger partial charge in [-0.3, -0.25) is 14.4 Å². The summed E-state index contributed by atoms with van der Waals surface area (Å²) in [5.41, 5.74) is 5.26. The summed E-state index contributed by atoms with van der Waals surface area (Å²) in [4.78, 5) is 26.2. The van der Waals surface area contributed by atoms with Gasteiger partial charge in [-0.05, 0) is 13.8 Å². The number of carboxylic acid groups (broad SMARTS) is 1. The number of carboxylic acids is 1. The number of hydrogen-bond acceptors (Lipinski definition) is 6. The van der Waals surface area contributed by atoms with Crippen LogP contribution in [-0.2, 0) is 19.2 Å². The third kappa shape index (κ3) is 6.83. The van der Waals surface area contributed by atoms with Crippen LogP contribution in [0.5, 0.6) is 0 Å². The molecule has 0 amide bonds. The standard InChI is InChI=1S/C8H16N2O5/c1-5(9)8(13)14-6(2)15-10(3)4-7(11)12/h5-6H,4,9H2,1-3H3,(H,11,12)/t5-,6?/m0/s1. The molecule has 0 fully saturated rings. The van der Waals surface area contributed by atoms with Gasteiger partial charge in [0.2, 0.25) is 6.29 Å². The molecule has 0 aromatic rings. The van der Waals surface area contributed by atoms with E-state index in [9.17, 15) is 9.59 Å². The van der Waals surface area contributed by atoms with Crippen molar-refractivity contribution >= 4 is 11.9 Å². The van der Waals surface area contributed by atoms with Gasteiger partial charge < -0.3 is 15.6 Å². The summed E-state index contributed by atoms with van der Waals surface area (Å²) >= 11 is 0. The molecule has 0 radical (unpaired) electrons. The number of hydroxylamine groups is 2. The number of esters is 1. The van der Waals surface area contributed by atoms with Crippen LogP contribution in [0.1, 0.15) is 13.8 Å². The molecule has 88 valence electrons. The Balaban J connectivity index is 3.87. The fourth-order valence-corrected chi connectivity index (χ4v) is 0.774. The maximum Gasteiger partial charge on any atom is 0.324 e. The quantitative estimate of drug-likeness (QED) is 0.342. The monoisotopic (exact) mass is 220 g/mol. The van der Waals surface area contributed by atoms with Crippen molar-refractivity contribution in [3.05, 3.63) is 0 Å². The maximum atomic E-state index is 11.0. The summed E-state index contributed by atoms with van der Waals surface area (Å²) in [5, 5.41) is 9.47. The SMILES string of the molecule is CC(OC(=O)[C@H](C)N)ON(C)CC(=O)O. The third-order valence-corrected chi connectivity index (χ3v) is 1.34. The van der Waals surface area contributed by atoms with Gasteiger partial charge in [0.15, 0.2) is 0 Å². The number of ether oxygens (including phenoxy) is 1. The van der Waals surface area contributed by atoms with Crippen molar-refractivity contribution in [2.75, 3.05) is 13.6 Å². The van der Waals surface area contributed by atoms with Gasteiger partial charge in [-0.1, -0.05) is 0 Å². The molecule has 0 aromatic heterocycles. The zero-order valence-corrected chi connectivity index (χ0v) is 8.97. The highest BCUT2D eigenvalue weighted by Gasteiger charge is 2.16. The van der Waals surface area contributed by atoms with Crippen LogP contribution in [0.4, 0.5) is 0 Å². The minimum absolute atomic E-state index is 0.305. The second-order valence-electron chi connectivity index (χ2n) is 3.08. The lowest BCUT2D eigenvalue weighted by Gasteiger charge is -2.20. The molecule has 0 saturated carbocycles. The number of aliphatic carboxylic acids is 1. The minimum Gasteiger partial charge on any atom is -0.480 e. The van der Waals surface area contributed by atoms with E-state index in [2.05, 4.69) is 0 Å². The highest BCUT2D eigenvalue weighted by molar-refractivity contribution is 5.74. The molecule has 7 nitrogen and oxygen atoms in total. The molecule has 1 unspecified atom stereocenters. The van der Waals surface area contributed by atoms with Crippen LogP contribution in [-0.4, -0.2) is 48.0 Å². The Morgan fingerprint density at radius 2 is 2.00 bits per heavy atom. The van der Waals surface area contributed by atoms with Gasteiger partial charge in [0.25, 0.3) is 0 Å². The fraction of sp³-hybridized carbons (Fsp3) is 0.750. The molecule has 0 saturated heterocycles. The molecular weight excluding hydrogens is 204 g/mol. The van der Waals surface area contributed by atoms with Crippen molar-refractivity contribution in [3.8, 4) is 0 Å². The first kappa shape index (κ1) is 13.8. The molecule has 2 atom stereocenters. The summed E-state index contributed by atoms with van der Waals surface area (Å²) in [6.45, 7) is 2.65. The molecule has 0 aliphatic heterocycles. The van der Waals surface area contributed by atoms with Crippen molar-refractivity contribution in [1.82, 2.24) is 5.06 Å². The van der Waals surface area contributed by atoms with Gasteiger partial charge in [-0.15, -0.1) is 0 Å². The Hall–Kier alpha value is -1.18. The van der Waals surface area contributed by atoms with Crippen LogP contribution in [0, 0.1) is 0 Å². The number of nitrogens with zero attached hydrogens (tertiary/aromatic N) is 1. The fourth-order valence-electron chi connectivity index (χ4n) is 0.774. The summed E-state index contributed by atoms with van der Waals surface area (Å²) in [5.74, 6) is -1.64. The number of carbonyl (C=O) groups excluding carboxylic acids is 1. The number of hydrogen-bond donors (Lipinski definition) is 2. The Kier molecular flexibility index (Phi) is 5.83. The molecule has 0 rings (SSSR count). The average molecular weight is 220 g/mol. The predicted molar refractivity (Wildman–Crippen MR) is 50.6 cm³/mol. The highest BCUT2D eigenvalue weighted by Crippen LogP contribution is 1.98. The van der Waals surface area contributed by atoms with Crippen LogP contribution in [0.25, 0.3) is 0 Å². The first-order valence-corrected chi connectivity index (χ1v) is 4.38. The summed E-state index contributed by atoms with van der Waals surface area (Å²) in [6.07, 6.45) is -0.868. The van der Waals surface area contributed by atoms with E-state index >= 15 is 0 Å². The second kappa shape index (κ2) is 6.33. The Morgan fingerprint density at radius 1 is 1.47 bits per heavy atom. The molecule has 7 heteroatoms. The molecule has 0 heterocycles. The van der Waals surface area contributed by atoms with Gasteiger partial charge >= 0.3 is 11.9 Å². The van der Waals surface area contributed by atoms with E-state index in [1.807, 2.05) is 0 Å². The summed E-state index contributed by atoms with van der Waals surface area (Å²) < 4.78 is 4.74. The number of carbonyl (C=O) groups is 2. The largest absolute Gasteiger partial charge is 0.480 e. The second-order valence-corrected chi connectivity index (χ2v) is 3.08. The van der Waals surface area contributed by atoms with Gasteiger partial charge in [-0.25, -0.2) is 0 Å². The first-order valence-electron chi connectivity index (χ1n) is 4.38. The normalized spacial score (nSPS) is 14.7. The topological polar surface area (TPSA) is 102 Å². The van der Waals surface area contributed by atoms with Crippen LogP contribution >= 0.6 is 0 Å². The molecular formula is C8H16N2O5.